The third-order valence-corrected chi connectivity index (χ3v) is 4.83. The number of nitro benzene ring substituents is 1. The molecule has 1 saturated heterocycles. The monoisotopic (exact) mass is 408 g/mol. The second-order valence-corrected chi connectivity index (χ2v) is 6.86. The maximum atomic E-state index is 12.9. The number of carbonyl (C=O) groups excluding carboxylic acids is 3. The van der Waals surface area contributed by atoms with Crippen molar-refractivity contribution < 1.29 is 19.3 Å². The SMILES string of the molecule is Cc1ccc(N2C(=O)[C@@H]3N=NN(CC(=O)Nc4ccccc4[N+](=O)[O-])[C@H]3C2=O)cc1. The molecule has 1 fully saturated rings. The van der Waals surface area contributed by atoms with E-state index in [-0.39, 0.29) is 11.4 Å². The minimum atomic E-state index is -1.03. The number of benzene rings is 2. The van der Waals surface area contributed by atoms with Crippen molar-refractivity contribution in [2.45, 2.75) is 19.0 Å². The van der Waals surface area contributed by atoms with Crippen LogP contribution < -0.4 is 10.2 Å². The molecule has 2 heterocycles. The topological polar surface area (TPSA) is 138 Å². The van der Waals surface area contributed by atoms with Crippen molar-refractivity contribution in [3.05, 3.63) is 64.2 Å². The number of hydrogen-bond donors (Lipinski definition) is 1. The Bertz CT molecular complexity index is 1080. The molecule has 0 spiro atoms. The zero-order chi connectivity index (χ0) is 21.4. The molecule has 0 aliphatic carbocycles. The van der Waals surface area contributed by atoms with E-state index in [1.807, 2.05) is 6.92 Å². The first-order valence-electron chi connectivity index (χ1n) is 9.02. The lowest BCUT2D eigenvalue weighted by Gasteiger charge is -2.20. The van der Waals surface area contributed by atoms with Gasteiger partial charge in [-0.25, -0.2) is 4.90 Å². The van der Waals surface area contributed by atoms with Gasteiger partial charge in [-0.05, 0) is 25.1 Å². The number of aryl methyl sites for hydroxylation is 1. The van der Waals surface area contributed by atoms with Crippen LogP contribution in [0.2, 0.25) is 0 Å². The van der Waals surface area contributed by atoms with E-state index >= 15 is 0 Å². The Morgan fingerprint density at radius 3 is 2.53 bits per heavy atom. The number of nitro groups is 1. The van der Waals surface area contributed by atoms with Gasteiger partial charge in [-0.1, -0.05) is 35.1 Å². The largest absolute Gasteiger partial charge is 0.319 e. The van der Waals surface area contributed by atoms with Crippen molar-refractivity contribution in [3.8, 4) is 0 Å². The predicted molar refractivity (Wildman–Crippen MR) is 105 cm³/mol. The highest BCUT2D eigenvalue weighted by atomic mass is 16.6. The molecule has 0 saturated carbocycles. The Labute approximate surface area is 170 Å². The number of carbonyl (C=O) groups is 3. The van der Waals surface area contributed by atoms with Crippen molar-refractivity contribution >= 4 is 34.8 Å². The highest BCUT2D eigenvalue weighted by Gasteiger charge is 2.55. The Balaban J connectivity index is 1.50. The number of imide groups is 1. The number of fused-ring (bicyclic) bond motifs is 1. The molecule has 0 unspecified atom stereocenters. The predicted octanol–water partition coefficient (Wildman–Crippen LogP) is 1.84. The van der Waals surface area contributed by atoms with Crippen LogP contribution in [0.5, 0.6) is 0 Å². The molecule has 1 N–H and O–H groups in total. The van der Waals surface area contributed by atoms with Crippen LogP contribution in [0.1, 0.15) is 5.56 Å². The van der Waals surface area contributed by atoms with Crippen LogP contribution in [0.15, 0.2) is 58.9 Å². The van der Waals surface area contributed by atoms with E-state index in [0.717, 1.165) is 15.5 Å². The second kappa shape index (κ2) is 7.35. The molecule has 4 rings (SSSR count). The van der Waals surface area contributed by atoms with Crippen LogP contribution in [-0.4, -0.2) is 46.3 Å². The maximum absolute atomic E-state index is 12.9. The summed E-state index contributed by atoms with van der Waals surface area (Å²) in [6.45, 7) is 1.50. The summed E-state index contributed by atoms with van der Waals surface area (Å²) in [7, 11) is 0. The molecule has 11 nitrogen and oxygen atoms in total. The molecule has 2 atom stereocenters. The van der Waals surface area contributed by atoms with Crippen molar-refractivity contribution in [2.24, 2.45) is 10.3 Å². The van der Waals surface area contributed by atoms with Gasteiger partial charge in [-0.15, -0.1) is 0 Å². The summed E-state index contributed by atoms with van der Waals surface area (Å²) in [5, 5.41) is 22.3. The molecular weight excluding hydrogens is 392 g/mol. The second-order valence-electron chi connectivity index (χ2n) is 6.86. The van der Waals surface area contributed by atoms with Gasteiger partial charge in [0.15, 0.2) is 12.1 Å². The third kappa shape index (κ3) is 3.26. The lowest BCUT2D eigenvalue weighted by atomic mass is 10.1. The summed E-state index contributed by atoms with van der Waals surface area (Å²) in [5.41, 5.74) is 1.16. The lowest BCUT2D eigenvalue weighted by Crippen LogP contribution is -2.43. The molecule has 3 amide bonds. The summed E-state index contributed by atoms with van der Waals surface area (Å²) in [6.07, 6.45) is 0. The number of nitrogens with one attached hydrogen (secondary N) is 1. The van der Waals surface area contributed by atoms with E-state index in [1.165, 1.54) is 18.2 Å². The minimum absolute atomic E-state index is 0.0234. The summed E-state index contributed by atoms with van der Waals surface area (Å²) in [5.74, 6) is -1.67. The van der Waals surface area contributed by atoms with Crippen LogP contribution in [-0.2, 0) is 14.4 Å². The standard InChI is InChI=1S/C19H16N6O5/c1-11-6-8-12(9-7-11)24-18(27)16-17(19(24)28)23(22-21-16)10-15(26)20-13-4-2-3-5-14(13)25(29)30/h2-9,16-17H,10H2,1H3,(H,20,26)/t16-,17-/m1/s1. The number of nitrogens with zero attached hydrogens (tertiary/aromatic N) is 5. The van der Waals surface area contributed by atoms with E-state index < -0.39 is 41.3 Å². The normalized spacial score (nSPS) is 19.9. The van der Waals surface area contributed by atoms with Crippen LogP contribution in [0.3, 0.4) is 0 Å². The number of anilines is 2. The smallest absolute Gasteiger partial charge is 0.292 e. The number of amides is 3. The number of rotatable bonds is 5. The zero-order valence-electron chi connectivity index (χ0n) is 15.8. The highest BCUT2D eigenvalue weighted by molar-refractivity contribution is 6.25. The van der Waals surface area contributed by atoms with Crippen molar-refractivity contribution in [1.29, 1.82) is 0 Å². The van der Waals surface area contributed by atoms with Gasteiger partial charge in [-0.2, -0.15) is 5.11 Å². The van der Waals surface area contributed by atoms with Crippen molar-refractivity contribution in [3.63, 3.8) is 0 Å². The highest BCUT2D eigenvalue weighted by Crippen LogP contribution is 2.32. The Hall–Kier alpha value is -4.15. The van der Waals surface area contributed by atoms with Gasteiger partial charge >= 0.3 is 0 Å². The molecular formula is C19H16N6O5. The van der Waals surface area contributed by atoms with Gasteiger partial charge in [0, 0.05) is 6.07 Å². The quantitative estimate of drug-likeness (QED) is 0.455. The van der Waals surface area contributed by atoms with E-state index in [2.05, 4.69) is 15.7 Å². The molecule has 0 bridgehead atoms. The molecule has 2 aromatic rings. The summed E-state index contributed by atoms with van der Waals surface area (Å²) in [6, 6.07) is 10.5. The van der Waals surface area contributed by atoms with Gasteiger partial charge in [0.05, 0.1) is 10.6 Å². The first-order chi connectivity index (χ1) is 14.4. The average Bonchev–Trinajstić information content (AvgIpc) is 3.23. The van der Waals surface area contributed by atoms with E-state index in [4.69, 9.17) is 0 Å². The van der Waals surface area contributed by atoms with Crippen LogP contribution in [0.4, 0.5) is 17.1 Å². The van der Waals surface area contributed by atoms with Crippen LogP contribution >= 0.6 is 0 Å². The van der Waals surface area contributed by atoms with E-state index in [0.29, 0.717) is 5.69 Å². The number of para-hydroxylation sites is 2. The van der Waals surface area contributed by atoms with Gasteiger partial charge in [0.1, 0.15) is 12.2 Å². The Kier molecular flexibility index (Phi) is 4.70. The fourth-order valence-corrected chi connectivity index (χ4v) is 3.38. The van der Waals surface area contributed by atoms with Gasteiger partial charge in [0.25, 0.3) is 17.5 Å². The van der Waals surface area contributed by atoms with Crippen molar-refractivity contribution in [2.75, 3.05) is 16.8 Å². The molecule has 2 aromatic carbocycles. The molecule has 0 radical (unpaired) electrons. The molecule has 30 heavy (non-hydrogen) atoms. The fraction of sp³-hybridized carbons (Fsp3) is 0.211. The zero-order valence-corrected chi connectivity index (χ0v) is 15.8. The number of hydrogen-bond acceptors (Lipinski definition) is 8. The first-order valence-corrected chi connectivity index (χ1v) is 9.02. The Morgan fingerprint density at radius 1 is 1.13 bits per heavy atom. The molecule has 0 aromatic heterocycles. The van der Waals surface area contributed by atoms with Gasteiger partial charge in [0.2, 0.25) is 5.91 Å². The average molecular weight is 408 g/mol. The van der Waals surface area contributed by atoms with E-state index in [1.54, 1.807) is 30.3 Å². The van der Waals surface area contributed by atoms with Crippen molar-refractivity contribution in [1.82, 2.24) is 5.01 Å². The third-order valence-electron chi connectivity index (χ3n) is 4.83. The summed E-state index contributed by atoms with van der Waals surface area (Å²) in [4.78, 5) is 49.5. The molecule has 152 valence electrons. The minimum Gasteiger partial charge on any atom is -0.319 e. The molecule has 2 aliphatic heterocycles. The van der Waals surface area contributed by atoms with Crippen LogP contribution in [0.25, 0.3) is 0 Å². The maximum Gasteiger partial charge on any atom is 0.292 e. The molecule has 2 aliphatic rings. The summed E-state index contributed by atoms with van der Waals surface area (Å²) < 4.78 is 0. The fourth-order valence-electron chi connectivity index (χ4n) is 3.38. The lowest BCUT2D eigenvalue weighted by molar-refractivity contribution is -0.383. The summed E-state index contributed by atoms with van der Waals surface area (Å²) >= 11 is 0. The van der Waals surface area contributed by atoms with Gasteiger partial charge < -0.3 is 5.32 Å². The van der Waals surface area contributed by atoms with Gasteiger partial charge in [-0.3, -0.25) is 29.5 Å². The van der Waals surface area contributed by atoms with Crippen LogP contribution in [0, 0.1) is 17.0 Å². The first kappa shape index (κ1) is 19.2. The Morgan fingerprint density at radius 2 is 1.83 bits per heavy atom. The molecule has 11 heteroatoms. The van der Waals surface area contributed by atoms with E-state index in [9.17, 15) is 24.5 Å².